The molecule has 0 aliphatic heterocycles. The molecule has 0 fully saturated rings. The van der Waals surface area contributed by atoms with E-state index in [1.807, 2.05) is 48.5 Å². The zero-order chi connectivity index (χ0) is 13.2. The van der Waals surface area contributed by atoms with Crippen LogP contribution in [0.4, 0.5) is 0 Å². The Kier molecular flexibility index (Phi) is 3.32. The lowest BCUT2D eigenvalue weighted by Crippen LogP contribution is -2.42. The van der Waals surface area contributed by atoms with Gasteiger partial charge < -0.3 is 5.11 Å². The van der Waals surface area contributed by atoms with Crippen LogP contribution in [-0.4, -0.2) is 22.1 Å². The number of fused-ring (bicyclic) bond motifs is 2. The Hall–Kier alpha value is -1.71. The normalized spacial score (nSPS) is 12.9. The summed E-state index contributed by atoms with van der Waals surface area (Å²) in [6, 6.07) is 15.9. The highest BCUT2D eigenvalue weighted by atomic mass is 35.5. The van der Waals surface area contributed by atoms with Crippen molar-refractivity contribution in [3.05, 3.63) is 48.5 Å². The molecule has 0 aliphatic rings. The van der Waals surface area contributed by atoms with E-state index >= 15 is 0 Å². The van der Waals surface area contributed by atoms with Gasteiger partial charge in [0.1, 0.15) is 17.1 Å². The minimum absolute atomic E-state index is 0.220. The van der Waals surface area contributed by atoms with Crippen molar-refractivity contribution in [2.45, 2.75) is 12.6 Å². The Morgan fingerprint density at radius 3 is 2.05 bits per heavy atom. The Morgan fingerprint density at radius 1 is 1.00 bits per heavy atom. The minimum Gasteiger partial charge on any atom is -0.385 e. The standard InChI is InChI=1S/C15H14ClN2O/c16-9-11(19)10-18-14-7-3-1-5-12(14)17-13-6-2-4-8-15(13)18/h1-8,11,19H,9-10H2/q+1/t11-/m1/s1. The van der Waals surface area contributed by atoms with Gasteiger partial charge in [0, 0.05) is 12.1 Å². The summed E-state index contributed by atoms with van der Waals surface area (Å²) in [6.45, 7) is 0.465. The molecule has 96 valence electrons. The first-order chi connectivity index (χ1) is 9.29. The van der Waals surface area contributed by atoms with Gasteiger partial charge in [-0.1, -0.05) is 24.3 Å². The van der Waals surface area contributed by atoms with E-state index in [0.717, 1.165) is 22.1 Å². The van der Waals surface area contributed by atoms with Gasteiger partial charge in [0.25, 0.3) is 0 Å². The van der Waals surface area contributed by atoms with Crippen LogP contribution in [-0.2, 0) is 6.54 Å². The van der Waals surface area contributed by atoms with Gasteiger partial charge in [-0.25, -0.2) is 4.98 Å². The molecule has 0 bridgehead atoms. The van der Waals surface area contributed by atoms with E-state index < -0.39 is 6.10 Å². The third-order valence-electron chi connectivity index (χ3n) is 3.16. The fourth-order valence-corrected chi connectivity index (χ4v) is 2.39. The van der Waals surface area contributed by atoms with E-state index in [1.165, 1.54) is 0 Å². The Balaban J connectivity index is 2.33. The number of halogens is 1. The molecule has 3 nitrogen and oxygen atoms in total. The zero-order valence-electron chi connectivity index (χ0n) is 10.3. The van der Waals surface area contributed by atoms with Crippen molar-refractivity contribution in [1.82, 2.24) is 4.98 Å². The highest BCUT2D eigenvalue weighted by molar-refractivity contribution is 6.18. The fourth-order valence-electron chi connectivity index (χ4n) is 2.29. The highest BCUT2D eigenvalue weighted by Gasteiger charge is 2.19. The summed E-state index contributed by atoms with van der Waals surface area (Å²) < 4.78 is 2.07. The molecule has 0 radical (unpaired) electrons. The summed E-state index contributed by atoms with van der Waals surface area (Å²) in [5, 5.41) is 9.86. The van der Waals surface area contributed by atoms with Crippen molar-refractivity contribution in [2.24, 2.45) is 0 Å². The molecule has 4 heteroatoms. The SMILES string of the molecule is O[C@H](CCl)C[n+]1c2ccccc2nc2ccccc21. The third-order valence-corrected chi connectivity index (χ3v) is 3.51. The molecule has 1 atom stereocenters. The number of rotatable bonds is 3. The lowest BCUT2D eigenvalue weighted by Gasteiger charge is -2.07. The molecular formula is C15H14ClN2O+. The largest absolute Gasteiger partial charge is 0.385 e. The summed E-state index contributed by atoms with van der Waals surface area (Å²) in [6.07, 6.45) is -0.569. The Bertz CT molecular complexity index is 675. The molecular weight excluding hydrogens is 260 g/mol. The first-order valence-electron chi connectivity index (χ1n) is 6.21. The molecule has 1 aromatic heterocycles. The molecule has 3 rings (SSSR count). The minimum atomic E-state index is -0.569. The van der Waals surface area contributed by atoms with Crippen LogP contribution in [0.3, 0.4) is 0 Å². The maximum absolute atomic E-state index is 9.86. The van der Waals surface area contributed by atoms with E-state index in [1.54, 1.807) is 0 Å². The summed E-state index contributed by atoms with van der Waals surface area (Å²) in [7, 11) is 0. The average Bonchev–Trinajstić information content (AvgIpc) is 2.46. The predicted molar refractivity (Wildman–Crippen MR) is 76.2 cm³/mol. The maximum atomic E-state index is 9.86. The van der Waals surface area contributed by atoms with E-state index in [0.29, 0.717) is 6.54 Å². The number of nitrogens with zero attached hydrogens (tertiary/aromatic N) is 2. The zero-order valence-corrected chi connectivity index (χ0v) is 11.1. The quantitative estimate of drug-likeness (QED) is 0.452. The smallest absolute Gasteiger partial charge is 0.231 e. The maximum Gasteiger partial charge on any atom is 0.231 e. The number of alkyl halides is 1. The lowest BCUT2D eigenvalue weighted by molar-refractivity contribution is -0.652. The molecule has 0 saturated heterocycles. The summed E-state index contributed by atoms with van der Waals surface area (Å²) in [4.78, 5) is 4.64. The Labute approximate surface area is 116 Å². The van der Waals surface area contributed by atoms with Gasteiger partial charge in [-0.15, -0.1) is 11.6 Å². The van der Waals surface area contributed by atoms with E-state index in [4.69, 9.17) is 11.6 Å². The van der Waals surface area contributed by atoms with Gasteiger partial charge in [-0.2, -0.15) is 4.57 Å². The molecule has 2 aromatic carbocycles. The van der Waals surface area contributed by atoms with E-state index in [-0.39, 0.29) is 5.88 Å². The van der Waals surface area contributed by atoms with Crippen molar-refractivity contribution in [3.63, 3.8) is 0 Å². The molecule has 3 aromatic rings. The first kappa shape index (κ1) is 12.3. The van der Waals surface area contributed by atoms with Crippen LogP contribution in [0.1, 0.15) is 0 Å². The van der Waals surface area contributed by atoms with Crippen LogP contribution in [0.5, 0.6) is 0 Å². The second kappa shape index (κ2) is 5.11. The first-order valence-corrected chi connectivity index (χ1v) is 6.74. The van der Waals surface area contributed by atoms with Crippen molar-refractivity contribution in [2.75, 3.05) is 5.88 Å². The van der Waals surface area contributed by atoms with Gasteiger partial charge in [0.15, 0.2) is 6.54 Å². The number of aliphatic hydroxyl groups excluding tert-OH is 1. The number of hydrogen-bond donors (Lipinski definition) is 1. The van der Waals surface area contributed by atoms with Crippen LogP contribution >= 0.6 is 11.6 Å². The molecule has 1 heterocycles. The number of para-hydroxylation sites is 4. The second-order valence-corrected chi connectivity index (χ2v) is 4.82. The van der Waals surface area contributed by atoms with Gasteiger partial charge in [-0.3, -0.25) is 0 Å². The van der Waals surface area contributed by atoms with E-state index in [9.17, 15) is 5.11 Å². The molecule has 0 amide bonds. The molecule has 0 aliphatic carbocycles. The average molecular weight is 274 g/mol. The summed E-state index contributed by atoms with van der Waals surface area (Å²) >= 11 is 5.73. The third kappa shape index (κ3) is 2.27. The monoisotopic (exact) mass is 273 g/mol. The topological polar surface area (TPSA) is 37.0 Å². The predicted octanol–water partition coefficient (Wildman–Crippen LogP) is 2.28. The molecule has 0 spiro atoms. The van der Waals surface area contributed by atoms with E-state index in [2.05, 4.69) is 9.55 Å². The van der Waals surface area contributed by atoms with Crippen LogP contribution in [0.2, 0.25) is 0 Å². The molecule has 0 saturated carbocycles. The molecule has 1 N–H and O–H groups in total. The molecule has 19 heavy (non-hydrogen) atoms. The van der Waals surface area contributed by atoms with Crippen LogP contribution in [0.15, 0.2) is 48.5 Å². The van der Waals surface area contributed by atoms with Gasteiger partial charge >= 0.3 is 0 Å². The number of aromatic nitrogens is 2. The molecule has 0 unspecified atom stereocenters. The van der Waals surface area contributed by atoms with Crippen molar-refractivity contribution in [1.29, 1.82) is 0 Å². The van der Waals surface area contributed by atoms with Crippen LogP contribution in [0.25, 0.3) is 22.1 Å². The lowest BCUT2D eigenvalue weighted by atomic mass is 10.2. The van der Waals surface area contributed by atoms with Gasteiger partial charge in [0.2, 0.25) is 11.0 Å². The summed E-state index contributed by atoms with van der Waals surface area (Å²) in [5.74, 6) is 0.220. The van der Waals surface area contributed by atoms with Crippen LogP contribution in [0, 0.1) is 0 Å². The van der Waals surface area contributed by atoms with Crippen molar-refractivity contribution < 1.29 is 9.67 Å². The number of benzene rings is 2. The Morgan fingerprint density at radius 2 is 1.53 bits per heavy atom. The van der Waals surface area contributed by atoms with Gasteiger partial charge in [0.05, 0.1) is 5.88 Å². The number of hydrogen-bond acceptors (Lipinski definition) is 2. The fraction of sp³-hybridized carbons (Fsp3) is 0.200. The summed E-state index contributed by atoms with van der Waals surface area (Å²) in [5.41, 5.74) is 3.85. The highest BCUT2D eigenvalue weighted by Crippen LogP contribution is 2.14. The van der Waals surface area contributed by atoms with Crippen molar-refractivity contribution in [3.8, 4) is 0 Å². The van der Waals surface area contributed by atoms with Crippen molar-refractivity contribution >= 4 is 33.7 Å². The number of aliphatic hydroxyl groups is 1. The van der Waals surface area contributed by atoms with Crippen LogP contribution < -0.4 is 4.57 Å². The van der Waals surface area contributed by atoms with Gasteiger partial charge in [-0.05, 0) is 12.1 Å². The second-order valence-electron chi connectivity index (χ2n) is 4.51.